The lowest BCUT2D eigenvalue weighted by molar-refractivity contribution is -0.143. The van der Waals surface area contributed by atoms with E-state index in [0.29, 0.717) is 69.5 Å². The second kappa shape index (κ2) is 14.6. The number of carbonyl (C=O) groups excluding carboxylic acids is 3. The number of nitrogens with one attached hydrogen (secondary N) is 2. The highest BCUT2D eigenvalue weighted by atomic mass is 32.1. The highest BCUT2D eigenvalue weighted by Gasteiger charge is 2.42. The predicted molar refractivity (Wildman–Crippen MR) is 176 cm³/mol. The number of hydrogen-bond acceptors (Lipinski definition) is 6. The van der Waals surface area contributed by atoms with E-state index in [1.54, 1.807) is 26.0 Å². The van der Waals surface area contributed by atoms with Crippen molar-refractivity contribution < 1.29 is 40.7 Å². The molecule has 274 valence electrons. The molecule has 3 saturated heterocycles. The Bertz CT molecular complexity index is 1520. The van der Waals surface area contributed by atoms with Crippen molar-refractivity contribution in [1.82, 2.24) is 20.0 Å². The summed E-state index contributed by atoms with van der Waals surface area (Å²) in [7, 11) is 0. The number of carbonyl (C=O) groups is 3. The lowest BCUT2D eigenvalue weighted by atomic mass is 9.79. The SMILES string of the molecule is Nc1c(C(F)(F)F)cc(C[C@@H](CC(=O)N2CCC(N3Cc4sccc4NC3=O)CC2)C(=O)N2CCC(C3CCNCC3)CC2)cc1C(F)(F)F. The second-order valence-corrected chi connectivity index (χ2v) is 14.9. The molecule has 4 N–H and O–H groups in total. The van der Waals surface area contributed by atoms with E-state index in [0.717, 1.165) is 49.3 Å². The summed E-state index contributed by atoms with van der Waals surface area (Å²) in [5, 5.41) is 8.14. The molecule has 3 fully saturated rings. The van der Waals surface area contributed by atoms with Crippen LogP contribution in [0.1, 0.15) is 66.5 Å². The third-order valence-corrected chi connectivity index (χ3v) is 11.7. The number of fused-ring (bicyclic) bond motifs is 1. The topological polar surface area (TPSA) is 111 Å². The first kappa shape index (κ1) is 36.3. The molecule has 0 radical (unpaired) electrons. The highest BCUT2D eigenvalue weighted by molar-refractivity contribution is 7.10. The van der Waals surface area contributed by atoms with Gasteiger partial charge in [0.15, 0.2) is 0 Å². The molecule has 0 unspecified atom stereocenters. The zero-order valence-electron chi connectivity index (χ0n) is 27.5. The maximum Gasteiger partial charge on any atom is 0.418 e. The molecule has 0 bridgehead atoms. The molecule has 5 heterocycles. The maximum atomic E-state index is 14.0. The van der Waals surface area contributed by atoms with Crippen molar-refractivity contribution in [2.24, 2.45) is 17.8 Å². The van der Waals surface area contributed by atoms with Crippen LogP contribution in [0.2, 0.25) is 0 Å². The molecule has 1 aromatic heterocycles. The molecule has 1 aromatic carbocycles. The summed E-state index contributed by atoms with van der Waals surface area (Å²) in [4.78, 5) is 46.5. The fourth-order valence-electron chi connectivity index (χ4n) is 8.05. The standard InChI is InChI=1S/C34H42F6N6O3S/c35-33(36,37)25-16-20(17-26(30(25)41)34(38,39)40)15-23(31(48)45-10-3-22(4-11-45)21-1-8-42-9-2-21)18-29(47)44-12-5-24(6-13-44)46-19-28-27(7-14-50-28)43-32(46)49/h7,14,16-17,21-24,42H,1-6,8-13,15,18-19,41H2,(H,43,49)/t23-/m0/s1. The minimum absolute atomic E-state index is 0.121. The average molecular weight is 729 g/mol. The molecular formula is C34H42F6N6O3S. The Morgan fingerprint density at radius 1 is 0.880 bits per heavy atom. The molecule has 4 aliphatic rings. The van der Waals surface area contributed by atoms with E-state index in [2.05, 4.69) is 10.6 Å². The van der Waals surface area contributed by atoms with E-state index in [-0.39, 0.29) is 24.1 Å². The summed E-state index contributed by atoms with van der Waals surface area (Å²) < 4.78 is 83.2. The summed E-state index contributed by atoms with van der Waals surface area (Å²) in [5.74, 6) is -1.07. The van der Waals surface area contributed by atoms with Crippen molar-refractivity contribution in [3.8, 4) is 0 Å². The lowest BCUT2D eigenvalue weighted by Crippen LogP contribution is -2.51. The van der Waals surface area contributed by atoms with E-state index < -0.39 is 53.3 Å². The Morgan fingerprint density at radius 3 is 2.06 bits per heavy atom. The van der Waals surface area contributed by atoms with Crippen molar-refractivity contribution in [1.29, 1.82) is 0 Å². The number of thiophene rings is 1. The van der Waals surface area contributed by atoms with Crippen LogP contribution in [0, 0.1) is 17.8 Å². The Morgan fingerprint density at radius 2 is 1.46 bits per heavy atom. The van der Waals surface area contributed by atoms with Crippen LogP contribution in [0.3, 0.4) is 0 Å². The van der Waals surface area contributed by atoms with Gasteiger partial charge in [0.25, 0.3) is 0 Å². The number of nitrogen functional groups attached to an aromatic ring is 1. The summed E-state index contributed by atoms with van der Waals surface area (Å²) in [6.07, 6.45) is -6.60. The first-order chi connectivity index (χ1) is 23.7. The molecule has 50 heavy (non-hydrogen) atoms. The molecule has 0 aliphatic carbocycles. The van der Waals surface area contributed by atoms with E-state index in [4.69, 9.17) is 5.73 Å². The van der Waals surface area contributed by atoms with Crippen LogP contribution in [-0.2, 0) is 34.9 Å². The zero-order valence-corrected chi connectivity index (χ0v) is 28.4. The Balaban J connectivity index is 1.18. The molecule has 6 rings (SSSR count). The zero-order chi connectivity index (χ0) is 35.8. The quantitative estimate of drug-likeness (QED) is 0.233. The number of piperidine rings is 3. The van der Waals surface area contributed by atoms with Gasteiger partial charge in [-0.25, -0.2) is 4.79 Å². The number of likely N-dealkylation sites (tertiary alicyclic amines) is 2. The fourth-order valence-corrected chi connectivity index (χ4v) is 8.87. The Kier molecular flexibility index (Phi) is 10.6. The van der Waals surface area contributed by atoms with Gasteiger partial charge < -0.3 is 31.1 Å². The van der Waals surface area contributed by atoms with Gasteiger partial charge in [0, 0.05) is 43.5 Å². The lowest BCUT2D eigenvalue weighted by Gasteiger charge is -2.40. The number of amides is 4. The van der Waals surface area contributed by atoms with Crippen LogP contribution in [0.4, 0.5) is 42.5 Å². The minimum atomic E-state index is -5.16. The number of nitrogens with two attached hydrogens (primary N) is 1. The molecule has 4 aliphatic heterocycles. The van der Waals surface area contributed by atoms with E-state index in [1.165, 1.54) is 0 Å². The first-order valence-corrected chi connectivity index (χ1v) is 18.0. The molecule has 0 saturated carbocycles. The second-order valence-electron chi connectivity index (χ2n) is 13.9. The third kappa shape index (κ3) is 8.00. The Labute approximate surface area is 290 Å². The van der Waals surface area contributed by atoms with Gasteiger partial charge in [0.05, 0.1) is 35.0 Å². The number of alkyl halides is 6. The molecule has 2 aromatic rings. The van der Waals surface area contributed by atoms with Gasteiger partial charge in [-0.2, -0.15) is 26.3 Å². The molecule has 9 nitrogen and oxygen atoms in total. The normalized spacial score (nSPS) is 20.8. The number of urea groups is 1. The number of halogens is 6. The number of nitrogens with zero attached hydrogens (tertiary/aromatic N) is 3. The average Bonchev–Trinajstić information content (AvgIpc) is 3.54. The monoisotopic (exact) mass is 728 g/mol. The van der Waals surface area contributed by atoms with Gasteiger partial charge in [0.1, 0.15) is 0 Å². The van der Waals surface area contributed by atoms with Crippen LogP contribution in [-0.4, -0.2) is 77.9 Å². The minimum Gasteiger partial charge on any atom is -0.398 e. The molecular weight excluding hydrogens is 686 g/mol. The van der Waals surface area contributed by atoms with Crippen molar-refractivity contribution >= 4 is 40.6 Å². The van der Waals surface area contributed by atoms with Gasteiger partial charge in [-0.05, 0) is 99.0 Å². The van der Waals surface area contributed by atoms with E-state index in [9.17, 15) is 40.7 Å². The Hall–Kier alpha value is -3.53. The van der Waals surface area contributed by atoms with Crippen LogP contribution in [0.5, 0.6) is 0 Å². The van der Waals surface area contributed by atoms with Crippen LogP contribution in [0.15, 0.2) is 23.6 Å². The third-order valence-electron chi connectivity index (χ3n) is 10.8. The summed E-state index contributed by atoms with van der Waals surface area (Å²) in [6, 6.07) is 2.64. The van der Waals surface area contributed by atoms with Gasteiger partial charge in [-0.3, -0.25) is 9.59 Å². The summed E-state index contributed by atoms with van der Waals surface area (Å²) in [5.41, 5.74) is 1.13. The van der Waals surface area contributed by atoms with Crippen molar-refractivity contribution in [3.05, 3.63) is 45.1 Å². The first-order valence-electron chi connectivity index (χ1n) is 17.2. The molecule has 16 heteroatoms. The van der Waals surface area contributed by atoms with Gasteiger partial charge in [0.2, 0.25) is 11.8 Å². The predicted octanol–water partition coefficient (Wildman–Crippen LogP) is 6.19. The van der Waals surface area contributed by atoms with E-state index >= 15 is 0 Å². The fraction of sp³-hybridized carbons (Fsp3) is 0.618. The van der Waals surface area contributed by atoms with E-state index in [1.807, 2.05) is 11.4 Å². The number of benzene rings is 1. The van der Waals surface area contributed by atoms with Crippen molar-refractivity contribution in [2.45, 2.75) is 76.3 Å². The van der Waals surface area contributed by atoms with Gasteiger partial charge in [-0.1, -0.05) is 0 Å². The van der Waals surface area contributed by atoms with Gasteiger partial charge in [-0.15, -0.1) is 11.3 Å². The molecule has 1 atom stereocenters. The van der Waals surface area contributed by atoms with Crippen LogP contribution >= 0.6 is 11.3 Å². The molecule has 0 spiro atoms. The van der Waals surface area contributed by atoms with Gasteiger partial charge >= 0.3 is 18.4 Å². The maximum absolute atomic E-state index is 14.0. The largest absolute Gasteiger partial charge is 0.418 e. The smallest absolute Gasteiger partial charge is 0.398 e. The molecule has 4 amide bonds. The number of anilines is 2. The van der Waals surface area contributed by atoms with Crippen LogP contribution in [0.25, 0.3) is 0 Å². The highest BCUT2D eigenvalue weighted by Crippen LogP contribution is 2.43. The summed E-state index contributed by atoms with van der Waals surface area (Å²) >= 11 is 1.54. The summed E-state index contributed by atoms with van der Waals surface area (Å²) in [6.45, 7) is 3.76. The van der Waals surface area contributed by atoms with Crippen LogP contribution < -0.4 is 16.4 Å². The number of hydrogen-bond donors (Lipinski definition) is 3. The number of rotatable bonds is 7. The van der Waals surface area contributed by atoms with Crippen molar-refractivity contribution in [3.63, 3.8) is 0 Å². The van der Waals surface area contributed by atoms with Crippen molar-refractivity contribution in [2.75, 3.05) is 50.3 Å².